The van der Waals surface area contributed by atoms with Crippen LogP contribution >= 0.6 is 95.6 Å². The Balaban J connectivity index is -0.000000246. The summed E-state index contributed by atoms with van der Waals surface area (Å²) >= 11 is 21.6. The van der Waals surface area contributed by atoms with Crippen LogP contribution in [0.5, 0.6) is 0 Å². The number of halogens is 6. The maximum atomic E-state index is 8.42. The maximum Gasteiger partial charge on any atom is 2.00 e. The fourth-order valence-corrected chi connectivity index (χ4v) is 5.46. The van der Waals surface area contributed by atoms with Crippen LogP contribution in [0.1, 0.15) is 0 Å². The van der Waals surface area contributed by atoms with E-state index < -0.39 is 14.6 Å². The van der Waals surface area contributed by atoms with Crippen LogP contribution in [0, 0.1) is 0 Å². The summed E-state index contributed by atoms with van der Waals surface area (Å²) in [6.45, 7) is 0. The van der Waals surface area contributed by atoms with E-state index in [9.17, 15) is 0 Å². The summed E-state index contributed by atoms with van der Waals surface area (Å²) in [6.07, 6.45) is 0. The molecule has 0 N–H and O–H groups in total. The molecule has 0 fully saturated rings. The molecule has 0 aliphatic carbocycles. The van der Waals surface area contributed by atoms with E-state index in [1.165, 1.54) is 0 Å². The molecule has 0 bridgehead atoms. The van der Waals surface area contributed by atoms with Crippen molar-refractivity contribution in [3.8, 4) is 11.1 Å². The molecule has 0 saturated heterocycles. The van der Waals surface area contributed by atoms with E-state index in [-0.39, 0.29) is 58.4 Å². The van der Waals surface area contributed by atoms with Crippen molar-refractivity contribution in [2.24, 2.45) is 0 Å². The van der Waals surface area contributed by atoms with Gasteiger partial charge in [0.05, 0.1) is 0 Å². The molecule has 6 nitrogen and oxygen atoms in total. The molecule has 0 amide bonds. The Morgan fingerprint density at radius 3 is 1.10 bits per heavy atom. The van der Waals surface area contributed by atoms with Crippen molar-refractivity contribution in [1.82, 2.24) is 0 Å². The van der Waals surface area contributed by atoms with Gasteiger partial charge in [-0.05, 0) is 91.3 Å². The first-order valence-electron chi connectivity index (χ1n) is 6.13. The molecule has 0 radical (unpaired) electrons. The zero-order chi connectivity index (χ0) is 20.6. The number of hydrogen-bond donors (Lipinski definition) is 0. The van der Waals surface area contributed by atoms with Gasteiger partial charge in [-0.1, -0.05) is 34.1 Å². The predicted molar refractivity (Wildman–Crippen MR) is 110 cm³/mol. The predicted octanol–water partition coefficient (Wildman–Crippen LogP) is 0.0255. The Bertz CT molecular complexity index is 707. The fraction of sp³-hybridized carbons (Fsp3) is 0. The van der Waals surface area contributed by atoms with Gasteiger partial charge in [-0.25, -0.2) is 0 Å². The summed E-state index contributed by atoms with van der Waals surface area (Å²) < 4.78 is 5.96. The average molecular weight is 941 g/mol. The zero-order valence-electron chi connectivity index (χ0n) is 14.3. The molecular weight excluding hydrogens is 937 g/mol. The van der Waals surface area contributed by atoms with Gasteiger partial charge in [0.1, 0.15) is 0 Å². The first-order chi connectivity index (χ1) is 11.9. The minimum absolute atomic E-state index is 0. The van der Waals surface area contributed by atoms with Gasteiger partial charge in [0.25, 0.3) is 0 Å². The third-order valence-electron chi connectivity index (χ3n) is 2.35. The second-order valence-corrected chi connectivity index (χ2v) is 8.82. The number of benzene rings is 2. The first kappa shape index (κ1) is 39.3. The van der Waals surface area contributed by atoms with E-state index in [1.807, 2.05) is 18.2 Å². The summed E-state index contributed by atoms with van der Waals surface area (Å²) in [7, 11) is -5.83. The molecule has 2 aromatic rings. The van der Waals surface area contributed by atoms with E-state index >= 15 is 0 Å². The van der Waals surface area contributed by atoms with E-state index in [0.717, 1.165) is 38.0 Å². The van der Waals surface area contributed by atoms with Crippen molar-refractivity contribution >= 4 is 110 Å². The van der Waals surface area contributed by atoms with Gasteiger partial charge in [-0.3, -0.25) is 14.6 Å². The van der Waals surface area contributed by atoms with E-state index in [1.54, 1.807) is 0 Å². The molecule has 0 aliphatic rings. The van der Waals surface area contributed by atoms with E-state index in [4.69, 9.17) is 30.1 Å². The van der Waals surface area contributed by atoms with Crippen molar-refractivity contribution < 1.29 is 88.6 Å². The molecule has 0 saturated carbocycles. The second kappa shape index (κ2) is 20.5. The molecule has 0 unspecified atom stereocenters. The molecule has 0 atom stereocenters. The molecule has 0 aromatic heterocycles. The minimum Gasteiger partial charge on any atom is -0.907 e. The Kier molecular flexibility index (Phi) is 27.7. The minimum atomic E-state index is -2.92. The molecule has 29 heavy (non-hydrogen) atoms. The first-order valence-corrected chi connectivity index (χ1v) is 10.9. The topological polar surface area (TPSA) is 138 Å². The van der Waals surface area contributed by atoms with Crippen molar-refractivity contribution in [2.75, 3.05) is 0 Å². The monoisotopic (exact) mass is 931 g/mol. The third-order valence-corrected chi connectivity index (χ3v) is 9.14. The summed E-state index contributed by atoms with van der Waals surface area (Å²) in [4.78, 5) is 0. The molecule has 0 aliphatic heterocycles. The normalized spacial score (nSPS) is 8.55. The van der Waals surface area contributed by atoms with Crippen LogP contribution in [-0.2, 0) is 58.4 Å². The van der Waals surface area contributed by atoms with Crippen LogP contribution in [0.2, 0.25) is 0 Å². The van der Waals surface area contributed by atoms with Crippen LogP contribution in [0.4, 0.5) is 0 Å². The molecular formula is C12H4B2Br6O6Zn3. The van der Waals surface area contributed by atoms with Gasteiger partial charge in [-0.2, -0.15) is 0 Å². The maximum absolute atomic E-state index is 8.42. The third kappa shape index (κ3) is 14.8. The second-order valence-electron chi connectivity index (χ2n) is 4.00. The van der Waals surface area contributed by atoms with E-state index in [2.05, 4.69) is 102 Å². The standard InChI is InChI=1S/C12H4Br6.2BO3.3Zn/c13-6-4-2-1-3-5(6)7-8(14)10(16)12(18)11(17)9(7)15;2*2-1(3)4;;;/h1-4H;;;;;/q;2*-3;3*+2. The average Bonchev–Trinajstić information content (AvgIpc) is 2.52. The summed E-state index contributed by atoms with van der Waals surface area (Å²) in [5.41, 5.74) is 2.20. The van der Waals surface area contributed by atoms with Crippen LogP contribution in [0.15, 0.2) is 51.1 Å². The van der Waals surface area contributed by atoms with Gasteiger partial charge in [-0.15, -0.1) is 0 Å². The summed E-state index contributed by atoms with van der Waals surface area (Å²) in [6, 6.07) is 8.11. The van der Waals surface area contributed by atoms with Crippen LogP contribution < -0.4 is 30.1 Å². The molecule has 0 heterocycles. The van der Waals surface area contributed by atoms with Gasteiger partial charge in [0.2, 0.25) is 0 Å². The van der Waals surface area contributed by atoms with Gasteiger partial charge in [0, 0.05) is 32.4 Å². The smallest absolute Gasteiger partial charge is 0.907 e. The van der Waals surface area contributed by atoms with Crippen molar-refractivity contribution in [3.05, 3.63) is 51.1 Å². The fourth-order valence-electron chi connectivity index (χ4n) is 1.51. The summed E-state index contributed by atoms with van der Waals surface area (Å²) in [5.74, 6) is 0. The summed E-state index contributed by atoms with van der Waals surface area (Å²) in [5, 5.41) is 50.5. The molecule has 142 valence electrons. The Labute approximate surface area is 257 Å². The Morgan fingerprint density at radius 2 is 0.793 bits per heavy atom. The number of rotatable bonds is 1. The van der Waals surface area contributed by atoms with Crippen molar-refractivity contribution in [3.63, 3.8) is 0 Å². The largest absolute Gasteiger partial charge is 2.00 e. The quantitative estimate of drug-likeness (QED) is 0.225. The molecule has 2 rings (SSSR count). The van der Waals surface area contributed by atoms with Crippen LogP contribution in [-0.4, -0.2) is 14.6 Å². The van der Waals surface area contributed by atoms with Gasteiger partial charge >= 0.3 is 58.4 Å². The van der Waals surface area contributed by atoms with Gasteiger partial charge < -0.3 is 30.1 Å². The zero-order valence-corrected chi connectivity index (χ0v) is 32.7. The van der Waals surface area contributed by atoms with Crippen LogP contribution in [0.25, 0.3) is 11.1 Å². The SMILES string of the molecule is Brc1ccccc1-c1c(Br)c(Br)c(Br)c(Br)c1Br.[O-]B([O-])[O-].[O-]B([O-])[O-].[Zn+2].[Zn+2].[Zn+2]. The van der Waals surface area contributed by atoms with Crippen molar-refractivity contribution in [1.29, 1.82) is 0 Å². The van der Waals surface area contributed by atoms with Crippen molar-refractivity contribution in [2.45, 2.75) is 0 Å². The molecule has 2 aromatic carbocycles. The van der Waals surface area contributed by atoms with Crippen LogP contribution in [0.3, 0.4) is 0 Å². The molecule has 17 heteroatoms. The van der Waals surface area contributed by atoms with E-state index in [0.29, 0.717) is 0 Å². The number of hydrogen-bond acceptors (Lipinski definition) is 6. The molecule has 0 spiro atoms. The Morgan fingerprint density at radius 1 is 0.517 bits per heavy atom. The van der Waals surface area contributed by atoms with Gasteiger partial charge in [0.15, 0.2) is 0 Å². The Hall–Kier alpha value is 3.08.